The van der Waals surface area contributed by atoms with Crippen molar-refractivity contribution in [2.45, 2.75) is 6.92 Å². The van der Waals surface area contributed by atoms with E-state index in [0.717, 1.165) is 38.6 Å². The van der Waals surface area contributed by atoms with Crippen LogP contribution < -0.4 is 10.1 Å². The number of benzene rings is 1. The quantitative estimate of drug-likeness (QED) is 0.866. The van der Waals surface area contributed by atoms with Gasteiger partial charge in [-0.1, -0.05) is 0 Å². The standard InChI is InChI=1S/C15H22N2O3.ClH/c1-2-20-14-5-3-13(4-6-14)15(18)16-7-8-17-9-11-19-12-10-17;/h3-6H,2,7-12H2,1H3,(H,16,18);1H. The van der Waals surface area contributed by atoms with Crippen LogP contribution in [0.2, 0.25) is 0 Å². The number of hydrogen-bond donors (Lipinski definition) is 1. The molecule has 0 spiro atoms. The zero-order chi connectivity index (χ0) is 14.2. The molecule has 1 fully saturated rings. The van der Waals surface area contributed by atoms with Gasteiger partial charge in [0.25, 0.3) is 5.91 Å². The van der Waals surface area contributed by atoms with Crippen molar-refractivity contribution in [2.24, 2.45) is 0 Å². The number of rotatable bonds is 6. The molecule has 1 heterocycles. The van der Waals surface area contributed by atoms with Crippen LogP contribution in [0.4, 0.5) is 0 Å². The van der Waals surface area contributed by atoms with E-state index in [2.05, 4.69) is 10.2 Å². The predicted molar refractivity (Wildman–Crippen MR) is 84.5 cm³/mol. The Balaban J connectivity index is 0.00000220. The van der Waals surface area contributed by atoms with Gasteiger partial charge in [0.15, 0.2) is 0 Å². The molecule has 1 N–H and O–H groups in total. The van der Waals surface area contributed by atoms with Gasteiger partial charge in [-0.15, -0.1) is 12.4 Å². The Bertz CT molecular complexity index is 419. The van der Waals surface area contributed by atoms with Crippen molar-refractivity contribution in [1.82, 2.24) is 10.2 Å². The topological polar surface area (TPSA) is 50.8 Å². The number of nitrogens with zero attached hydrogens (tertiary/aromatic N) is 1. The van der Waals surface area contributed by atoms with Crippen LogP contribution in [0.15, 0.2) is 24.3 Å². The van der Waals surface area contributed by atoms with E-state index < -0.39 is 0 Å². The van der Waals surface area contributed by atoms with Crippen molar-refractivity contribution >= 4 is 18.3 Å². The van der Waals surface area contributed by atoms with Crippen LogP contribution in [0.1, 0.15) is 17.3 Å². The van der Waals surface area contributed by atoms with Crippen molar-refractivity contribution in [3.05, 3.63) is 29.8 Å². The summed E-state index contributed by atoms with van der Waals surface area (Å²) >= 11 is 0. The van der Waals surface area contributed by atoms with Gasteiger partial charge in [0.2, 0.25) is 0 Å². The van der Waals surface area contributed by atoms with E-state index in [-0.39, 0.29) is 18.3 Å². The van der Waals surface area contributed by atoms with E-state index in [4.69, 9.17) is 9.47 Å². The summed E-state index contributed by atoms with van der Waals surface area (Å²) in [5.41, 5.74) is 0.662. The van der Waals surface area contributed by atoms with Crippen LogP contribution in [0, 0.1) is 0 Å². The second-order valence-corrected chi connectivity index (χ2v) is 4.67. The molecule has 2 rings (SSSR count). The molecular weight excluding hydrogens is 292 g/mol. The average Bonchev–Trinajstić information content (AvgIpc) is 2.49. The van der Waals surface area contributed by atoms with Gasteiger partial charge in [0, 0.05) is 31.7 Å². The molecule has 0 saturated carbocycles. The van der Waals surface area contributed by atoms with Gasteiger partial charge in [0.05, 0.1) is 19.8 Å². The number of nitrogens with one attached hydrogen (secondary N) is 1. The molecule has 1 aromatic rings. The van der Waals surface area contributed by atoms with Crippen LogP contribution in [0.5, 0.6) is 5.75 Å². The second-order valence-electron chi connectivity index (χ2n) is 4.67. The second kappa shape index (κ2) is 9.60. The van der Waals surface area contributed by atoms with Crippen LogP contribution in [-0.2, 0) is 4.74 Å². The molecule has 1 aliphatic heterocycles. The lowest BCUT2D eigenvalue weighted by Crippen LogP contribution is -2.41. The first kappa shape index (κ1) is 17.8. The third kappa shape index (κ3) is 5.91. The van der Waals surface area contributed by atoms with E-state index in [1.807, 2.05) is 19.1 Å². The molecule has 0 atom stereocenters. The summed E-state index contributed by atoms with van der Waals surface area (Å²) in [5, 5.41) is 2.94. The highest BCUT2D eigenvalue weighted by atomic mass is 35.5. The molecule has 1 saturated heterocycles. The number of carbonyl (C=O) groups is 1. The predicted octanol–water partition coefficient (Wildman–Crippen LogP) is 1.57. The maximum Gasteiger partial charge on any atom is 0.251 e. The smallest absolute Gasteiger partial charge is 0.251 e. The first-order valence-electron chi connectivity index (χ1n) is 7.10. The van der Waals surface area contributed by atoms with E-state index in [1.165, 1.54) is 0 Å². The number of amides is 1. The Morgan fingerprint density at radius 3 is 2.57 bits per heavy atom. The Labute approximate surface area is 132 Å². The molecule has 1 amide bonds. The summed E-state index contributed by atoms with van der Waals surface area (Å²) in [6.45, 7) is 7.55. The van der Waals surface area contributed by atoms with Crippen molar-refractivity contribution < 1.29 is 14.3 Å². The summed E-state index contributed by atoms with van der Waals surface area (Å²) in [5.74, 6) is 0.749. The largest absolute Gasteiger partial charge is 0.494 e. The van der Waals surface area contributed by atoms with E-state index in [9.17, 15) is 4.79 Å². The first-order valence-corrected chi connectivity index (χ1v) is 7.10. The van der Waals surface area contributed by atoms with Crippen LogP contribution >= 0.6 is 12.4 Å². The van der Waals surface area contributed by atoms with Gasteiger partial charge >= 0.3 is 0 Å². The molecule has 0 unspecified atom stereocenters. The van der Waals surface area contributed by atoms with E-state index in [1.54, 1.807) is 12.1 Å². The Morgan fingerprint density at radius 1 is 1.29 bits per heavy atom. The Morgan fingerprint density at radius 2 is 1.95 bits per heavy atom. The van der Waals surface area contributed by atoms with Crippen LogP contribution in [0.25, 0.3) is 0 Å². The zero-order valence-corrected chi connectivity index (χ0v) is 13.2. The number of ether oxygens (including phenoxy) is 2. The van der Waals surface area contributed by atoms with Gasteiger partial charge in [-0.25, -0.2) is 0 Å². The van der Waals surface area contributed by atoms with Crippen LogP contribution in [-0.4, -0.2) is 56.8 Å². The number of halogens is 1. The lowest BCUT2D eigenvalue weighted by molar-refractivity contribution is 0.0383. The first-order chi connectivity index (χ1) is 9.79. The summed E-state index contributed by atoms with van der Waals surface area (Å²) in [7, 11) is 0. The van der Waals surface area contributed by atoms with Gasteiger partial charge in [-0.05, 0) is 31.2 Å². The van der Waals surface area contributed by atoms with Crippen molar-refractivity contribution in [3.8, 4) is 5.75 Å². The molecular formula is C15H23ClN2O3. The highest BCUT2D eigenvalue weighted by Gasteiger charge is 2.10. The maximum absolute atomic E-state index is 12.0. The van der Waals surface area contributed by atoms with Crippen LogP contribution in [0.3, 0.4) is 0 Å². The SMILES string of the molecule is CCOc1ccc(C(=O)NCCN2CCOCC2)cc1.Cl. The number of carbonyl (C=O) groups excluding carboxylic acids is 1. The molecule has 118 valence electrons. The molecule has 0 bridgehead atoms. The summed E-state index contributed by atoms with van der Waals surface area (Å²) in [4.78, 5) is 14.3. The minimum Gasteiger partial charge on any atom is -0.494 e. The highest BCUT2D eigenvalue weighted by Crippen LogP contribution is 2.11. The summed E-state index contributed by atoms with van der Waals surface area (Å²) in [6.07, 6.45) is 0. The van der Waals surface area contributed by atoms with Crippen molar-refractivity contribution in [3.63, 3.8) is 0 Å². The van der Waals surface area contributed by atoms with Gasteiger partial charge in [0.1, 0.15) is 5.75 Å². The molecule has 6 heteroatoms. The average molecular weight is 315 g/mol. The number of morpholine rings is 1. The summed E-state index contributed by atoms with van der Waals surface area (Å²) in [6, 6.07) is 7.21. The molecule has 0 radical (unpaired) electrons. The third-order valence-electron chi connectivity index (χ3n) is 3.24. The molecule has 1 aromatic carbocycles. The summed E-state index contributed by atoms with van der Waals surface area (Å²) < 4.78 is 10.6. The lowest BCUT2D eigenvalue weighted by Gasteiger charge is -2.26. The van der Waals surface area contributed by atoms with E-state index in [0.29, 0.717) is 18.7 Å². The maximum atomic E-state index is 12.0. The van der Waals surface area contributed by atoms with Gasteiger partial charge in [-0.2, -0.15) is 0 Å². The van der Waals surface area contributed by atoms with Gasteiger partial charge < -0.3 is 14.8 Å². The minimum absolute atomic E-state index is 0. The Kier molecular flexibility index (Phi) is 8.12. The van der Waals surface area contributed by atoms with Crippen molar-refractivity contribution in [1.29, 1.82) is 0 Å². The van der Waals surface area contributed by atoms with E-state index >= 15 is 0 Å². The fourth-order valence-electron chi connectivity index (χ4n) is 2.12. The molecule has 21 heavy (non-hydrogen) atoms. The lowest BCUT2D eigenvalue weighted by atomic mass is 10.2. The monoisotopic (exact) mass is 314 g/mol. The normalized spacial score (nSPS) is 15.1. The highest BCUT2D eigenvalue weighted by molar-refractivity contribution is 5.94. The minimum atomic E-state index is -0.0405. The third-order valence-corrected chi connectivity index (χ3v) is 3.24. The molecule has 0 aromatic heterocycles. The van der Waals surface area contributed by atoms with Crippen molar-refractivity contribution in [2.75, 3.05) is 46.0 Å². The molecule has 0 aliphatic carbocycles. The molecule has 1 aliphatic rings. The zero-order valence-electron chi connectivity index (χ0n) is 12.3. The van der Waals surface area contributed by atoms with Gasteiger partial charge in [-0.3, -0.25) is 9.69 Å². The fraction of sp³-hybridized carbons (Fsp3) is 0.533. The Hall–Kier alpha value is -1.30. The molecule has 5 nitrogen and oxygen atoms in total. The fourth-order valence-corrected chi connectivity index (χ4v) is 2.12. The number of hydrogen-bond acceptors (Lipinski definition) is 4.